The van der Waals surface area contributed by atoms with Crippen LogP contribution in [0.15, 0.2) is 0 Å². The summed E-state index contributed by atoms with van der Waals surface area (Å²) in [6.07, 6.45) is 0.979. The van der Waals surface area contributed by atoms with Crippen LogP contribution in [0.4, 0.5) is 4.79 Å². The maximum atomic E-state index is 11.3. The Balaban J connectivity index is 2.27. The van der Waals surface area contributed by atoms with E-state index in [0.29, 0.717) is 13.2 Å². The average Bonchev–Trinajstić information content (AvgIpc) is 2.68. The second-order valence-electron chi connectivity index (χ2n) is 4.05. The van der Waals surface area contributed by atoms with E-state index < -0.39 is 24.6 Å². The summed E-state index contributed by atoms with van der Waals surface area (Å²) in [6.45, 7) is 2.42. The SMILES string of the molecule is CC1OCCC1CNC(=O)NC(CO)C(=O)O. The summed E-state index contributed by atoms with van der Waals surface area (Å²) < 4.78 is 5.33. The predicted molar refractivity (Wildman–Crippen MR) is 58.6 cm³/mol. The highest BCUT2D eigenvalue weighted by Gasteiger charge is 2.25. The van der Waals surface area contributed by atoms with Crippen LogP contribution in [-0.2, 0) is 9.53 Å². The minimum Gasteiger partial charge on any atom is -0.480 e. The zero-order valence-electron chi connectivity index (χ0n) is 9.68. The summed E-state index contributed by atoms with van der Waals surface area (Å²) >= 11 is 0. The Morgan fingerprint density at radius 3 is 2.71 bits per heavy atom. The molecule has 0 saturated carbocycles. The van der Waals surface area contributed by atoms with E-state index >= 15 is 0 Å². The molecule has 3 unspecified atom stereocenters. The van der Waals surface area contributed by atoms with Crippen molar-refractivity contribution in [1.29, 1.82) is 0 Å². The van der Waals surface area contributed by atoms with E-state index in [1.807, 2.05) is 6.92 Å². The number of carboxylic acid groups (broad SMARTS) is 1. The van der Waals surface area contributed by atoms with Gasteiger partial charge >= 0.3 is 12.0 Å². The van der Waals surface area contributed by atoms with E-state index in [9.17, 15) is 9.59 Å². The minimum absolute atomic E-state index is 0.100. The van der Waals surface area contributed by atoms with Crippen LogP contribution in [0.1, 0.15) is 13.3 Å². The molecule has 1 heterocycles. The Kier molecular flexibility index (Phi) is 5.17. The average molecular weight is 246 g/mol. The zero-order valence-corrected chi connectivity index (χ0v) is 9.68. The molecule has 1 rings (SSSR count). The maximum Gasteiger partial charge on any atom is 0.328 e. The Morgan fingerprint density at radius 2 is 2.24 bits per heavy atom. The quantitative estimate of drug-likeness (QED) is 0.505. The van der Waals surface area contributed by atoms with Crippen LogP contribution in [0.3, 0.4) is 0 Å². The second kappa shape index (κ2) is 6.41. The lowest BCUT2D eigenvalue weighted by molar-refractivity contribution is -0.140. The largest absolute Gasteiger partial charge is 0.480 e. The number of carbonyl (C=O) groups is 2. The lowest BCUT2D eigenvalue weighted by Crippen LogP contribution is -2.49. The molecule has 3 atom stereocenters. The standard InChI is InChI=1S/C10H18N2O5/c1-6-7(2-3-17-6)4-11-10(16)12-8(5-13)9(14)15/h6-8,13H,2-5H2,1H3,(H,14,15)(H2,11,12,16). The van der Waals surface area contributed by atoms with Crippen molar-refractivity contribution >= 4 is 12.0 Å². The number of amides is 2. The third kappa shape index (κ3) is 4.20. The molecule has 1 saturated heterocycles. The van der Waals surface area contributed by atoms with Gasteiger partial charge < -0.3 is 25.6 Å². The van der Waals surface area contributed by atoms with Gasteiger partial charge in [-0.15, -0.1) is 0 Å². The summed E-state index contributed by atoms with van der Waals surface area (Å²) in [5.41, 5.74) is 0. The fraction of sp³-hybridized carbons (Fsp3) is 0.800. The van der Waals surface area contributed by atoms with Gasteiger partial charge in [-0.05, 0) is 13.3 Å². The molecule has 0 radical (unpaired) electrons. The molecule has 0 bridgehead atoms. The Bertz CT molecular complexity index is 284. The van der Waals surface area contributed by atoms with Crippen LogP contribution in [0, 0.1) is 5.92 Å². The van der Waals surface area contributed by atoms with Crippen molar-refractivity contribution in [2.24, 2.45) is 5.92 Å². The van der Waals surface area contributed by atoms with Crippen LogP contribution < -0.4 is 10.6 Å². The molecule has 1 aliphatic rings. The van der Waals surface area contributed by atoms with E-state index in [-0.39, 0.29) is 12.0 Å². The molecule has 4 N–H and O–H groups in total. The lowest BCUT2D eigenvalue weighted by atomic mass is 10.0. The van der Waals surface area contributed by atoms with E-state index in [1.165, 1.54) is 0 Å². The van der Waals surface area contributed by atoms with Crippen LogP contribution in [-0.4, -0.2) is 54.1 Å². The van der Waals surface area contributed by atoms with Crippen molar-refractivity contribution in [2.45, 2.75) is 25.5 Å². The van der Waals surface area contributed by atoms with Gasteiger partial charge in [0.25, 0.3) is 0 Å². The van der Waals surface area contributed by atoms with E-state index in [2.05, 4.69) is 10.6 Å². The first-order chi connectivity index (χ1) is 8.04. The fourth-order valence-electron chi connectivity index (χ4n) is 1.66. The van der Waals surface area contributed by atoms with Gasteiger partial charge in [-0.1, -0.05) is 0 Å². The molecule has 2 amide bonds. The van der Waals surface area contributed by atoms with E-state index in [1.54, 1.807) is 0 Å². The number of aliphatic hydroxyl groups is 1. The summed E-state index contributed by atoms with van der Waals surface area (Å²) in [5.74, 6) is -1.02. The molecule has 0 aliphatic carbocycles. The van der Waals surface area contributed by atoms with Gasteiger partial charge in [-0.25, -0.2) is 9.59 Å². The first kappa shape index (κ1) is 13.7. The number of aliphatic carboxylic acids is 1. The van der Waals surface area contributed by atoms with Gasteiger partial charge in [0.15, 0.2) is 6.04 Å². The summed E-state index contributed by atoms with van der Waals surface area (Å²) in [5, 5.41) is 22.1. The topological polar surface area (TPSA) is 108 Å². The first-order valence-corrected chi connectivity index (χ1v) is 5.54. The lowest BCUT2D eigenvalue weighted by Gasteiger charge is -2.16. The normalized spacial score (nSPS) is 25.3. The van der Waals surface area contributed by atoms with Gasteiger partial charge in [0, 0.05) is 19.1 Å². The van der Waals surface area contributed by atoms with Crippen LogP contribution >= 0.6 is 0 Å². The second-order valence-corrected chi connectivity index (χ2v) is 4.05. The maximum absolute atomic E-state index is 11.3. The Labute approximate surface area is 99.1 Å². The number of urea groups is 1. The molecule has 0 aromatic heterocycles. The van der Waals surface area contributed by atoms with Crippen molar-refractivity contribution in [2.75, 3.05) is 19.8 Å². The molecule has 7 heteroatoms. The van der Waals surface area contributed by atoms with Gasteiger partial charge in [-0.2, -0.15) is 0 Å². The third-order valence-electron chi connectivity index (χ3n) is 2.84. The van der Waals surface area contributed by atoms with Crippen LogP contribution in [0.5, 0.6) is 0 Å². The van der Waals surface area contributed by atoms with Crippen molar-refractivity contribution in [3.63, 3.8) is 0 Å². The number of carboxylic acids is 1. The Morgan fingerprint density at radius 1 is 1.53 bits per heavy atom. The number of hydrogen-bond acceptors (Lipinski definition) is 4. The van der Waals surface area contributed by atoms with Crippen molar-refractivity contribution in [3.05, 3.63) is 0 Å². The van der Waals surface area contributed by atoms with Gasteiger partial charge in [0.2, 0.25) is 0 Å². The van der Waals surface area contributed by atoms with Gasteiger partial charge in [0.1, 0.15) is 0 Å². The van der Waals surface area contributed by atoms with Crippen molar-refractivity contribution < 1.29 is 24.5 Å². The van der Waals surface area contributed by atoms with E-state index in [4.69, 9.17) is 14.9 Å². The highest BCUT2D eigenvalue weighted by atomic mass is 16.5. The summed E-state index contributed by atoms with van der Waals surface area (Å²) in [4.78, 5) is 21.9. The predicted octanol–water partition coefficient (Wildman–Crippen LogP) is -0.844. The fourth-order valence-corrected chi connectivity index (χ4v) is 1.66. The third-order valence-corrected chi connectivity index (χ3v) is 2.84. The molecule has 0 aromatic rings. The van der Waals surface area contributed by atoms with Crippen molar-refractivity contribution in [3.8, 4) is 0 Å². The highest BCUT2D eigenvalue weighted by Crippen LogP contribution is 2.19. The highest BCUT2D eigenvalue weighted by molar-refractivity contribution is 5.82. The number of carbonyl (C=O) groups excluding carboxylic acids is 1. The Hall–Kier alpha value is -1.34. The number of ether oxygens (including phenoxy) is 1. The smallest absolute Gasteiger partial charge is 0.328 e. The summed E-state index contributed by atoms with van der Waals surface area (Å²) in [6, 6.07) is -1.86. The molecular formula is C10H18N2O5. The number of rotatable bonds is 5. The molecular weight excluding hydrogens is 228 g/mol. The number of aliphatic hydroxyl groups excluding tert-OH is 1. The molecule has 17 heavy (non-hydrogen) atoms. The zero-order chi connectivity index (χ0) is 12.8. The van der Waals surface area contributed by atoms with Crippen LogP contribution in [0.25, 0.3) is 0 Å². The molecule has 1 fully saturated rings. The van der Waals surface area contributed by atoms with Crippen LogP contribution in [0.2, 0.25) is 0 Å². The molecule has 1 aliphatic heterocycles. The number of hydrogen-bond donors (Lipinski definition) is 4. The minimum atomic E-state index is -1.27. The monoisotopic (exact) mass is 246 g/mol. The first-order valence-electron chi connectivity index (χ1n) is 5.54. The number of nitrogens with one attached hydrogen (secondary N) is 2. The molecule has 0 aromatic carbocycles. The van der Waals surface area contributed by atoms with Gasteiger partial charge in [-0.3, -0.25) is 0 Å². The summed E-state index contributed by atoms with van der Waals surface area (Å²) in [7, 11) is 0. The molecule has 7 nitrogen and oxygen atoms in total. The molecule has 98 valence electrons. The van der Waals surface area contributed by atoms with Crippen molar-refractivity contribution in [1.82, 2.24) is 10.6 Å². The van der Waals surface area contributed by atoms with E-state index in [0.717, 1.165) is 6.42 Å². The molecule has 0 spiro atoms. The van der Waals surface area contributed by atoms with Gasteiger partial charge in [0.05, 0.1) is 12.7 Å².